The minimum absolute atomic E-state index is 0.00408. The molecule has 1 amide bonds. The zero-order valence-electron chi connectivity index (χ0n) is 10.6. The first kappa shape index (κ1) is 16.2. The van der Waals surface area contributed by atoms with Crippen LogP contribution in [0.15, 0.2) is 14.1 Å². The maximum absolute atomic E-state index is 12.0. The van der Waals surface area contributed by atoms with Crippen LogP contribution in [0.4, 0.5) is 0 Å². The third kappa shape index (κ3) is 3.94. The van der Waals surface area contributed by atoms with Crippen LogP contribution in [0.3, 0.4) is 0 Å². The van der Waals surface area contributed by atoms with Crippen molar-refractivity contribution in [3.05, 3.63) is 14.9 Å². The number of likely N-dealkylation sites (tertiary alicyclic amines) is 1. The number of rotatable bonds is 5. The van der Waals surface area contributed by atoms with Crippen molar-refractivity contribution in [1.82, 2.24) is 9.62 Å². The SMILES string of the molecule is O=C(CCNS(=O)(=O)c1cc(Cl)c(Br)s1)N1CCCC1. The first-order valence-corrected chi connectivity index (χ1v) is 9.59. The van der Waals surface area contributed by atoms with E-state index in [2.05, 4.69) is 20.7 Å². The van der Waals surface area contributed by atoms with E-state index in [-0.39, 0.29) is 23.1 Å². The van der Waals surface area contributed by atoms with E-state index in [1.807, 2.05) is 0 Å². The quantitative estimate of drug-likeness (QED) is 0.824. The highest BCUT2D eigenvalue weighted by atomic mass is 79.9. The highest BCUT2D eigenvalue weighted by Crippen LogP contribution is 2.34. The van der Waals surface area contributed by atoms with Crippen LogP contribution in [-0.4, -0.2) is 38.9 Å². The lowest BCUT2D eigenvalue weighted by atomic mass is 10.4. The number of nitrogens with one attached hydrogen (secondary N) is 1. The number of carbonyl (C=O) groups excluding carboxylic acids is 1. The Labute approximate surface area is 135 Å². The van der Waals surface area contributed by atoms with Crippen LogP contribution in [0.5, 0.6) is 0 Å². The molecule has 1 aliphatic heterocycles. The second-order valence-corrected chi connectivity index (χ2v) is 9.19. The summed E-state index contributed by atoms with van der Waals surface area (Å²) >= 11 is 10.0. The number of halogens is 2. The number of hydrogen-bond acceptors (Lipinski definition) is 4. The van der Waals surface area contributed by atoms with Gasteiger partial charge in [-0.05, 0) is 34.8 Å². The van der Waals surface area contributed by atoms with Crippen molar-refractivity contribution in [2.24, 2.45) is 0 Å². The fourth-order valence-electron chi connectivity index (χ4n) is 1.95. The number of amides is 1. The van der Waals surface area contributed by atoms with Gasteiger partial charge in [0.25, 0.3) is 0 Å². The summed E-state index contributed by atoms with van der Waals surface area (Å²) in [7, 11) is -3.60. The lowest BCUT2D eigenvalue weighted by Crippen LogP contribution is -2.32. The number of carbonyl (C=O) groups is 1. The monoisotopic (exact) mass is 400 g/mol. The van der Waals surface area contributed by atoms with E-state index >= 15 is 0 Å². The molecule has 1 aromatic rings. The Bertz CT molecular complexity index is 577. The molecule has 1 aromatic heterocycles. The summed E-state index contributed by atoms with van der Waals surface area (Å²) in [6, 6.07) is 1.39. The maximum atomic E-state index is 12.0. The second kappa shape index (κ2) is 6.74. The Morgan fingerprint density at radius 2 is 2.10 bits per heavy atom. The van der Waals surface area contributed by atoms with Gasteiger partial charge in [0.15, 0.2) is 0 Å². The molecule has 20 heavy (non-hydrogen) atoms. The van der Waals surface area contributed by atoms with Crippen LogP contribution in [-0.2, 0) is 14.8 Å². The molecule has 5 nitrogen and oxygen atoms in total. The molecule has 0 saturated carbocycles. The van der Waals surface area contributed by atoms with Gasteiger partial charge in [-0.3, -0.25) is 4.79 Å². The van der Waals surface area contributed by atoms with E-state index in [0.717, 1.165) is 37.3 Å². The Morgan fingerprint density at radius 1 is 1.45 bits per heavy atom. The highest BCUT2D eigenvalue weighted by Gasteiger charge is 2.21. The van der Waals surface area contributed by atoms with E-state index in [0.29, 0.717) is 8.81 Å². The third-order valence-corrected chi connectivity index (χ3v) is 7.39. The van der Waals surface area contributed by atoms with E-state index in [9.17, 15) is 13.2 Å². The summed E-state index contributed by atoms with van der Waals surface area (Å²) in [6.07, 6.45) is 2.23. The van der Waals surface area contributed by atoms with Crippen molar-refractivity contribution < 1.29 is 13.2 Å². The van der Waals surface area contributed by atoms with Crippen molar-refractivity contribution in [1.29, 1.82) is 0 Å². The van der Waals surface area contributed by atoms with Gasteiger partial charge in [-0.25, -0.2) is 13.1 Å². The van der Waals surface area contributed by atoms with Crippen molar-refractivity contribution in [2.45, 2.75) is 23.5 Å². The predicted octanol–water partition coefficient (Wildman–Crippen LogP) is 2.45. The molecule has 1 saturated heterocycles. The van der Waals surface area contributed by atoms with Crippen LogP contribution in [0.2, 0.25) is 5.02 Å². The number of hydrogen-bond donors (Lipinski definition) is 1. The zero-order valence-corrected chi connectivity index (χ0v) is 14.5. The van der Waals surface area contributed by atoms with Gasteiger partial charge in [0, 0.05) is 26.1 Å². The molecule has 0 unspecified atom stereocenters. The fraction of sp³-hybridized carbons (Fsp3) is 0.545. The van der Waals surface area contributed by atoms with Gasteiger partial charge in [0.05, 0.1) is 8.81 Å². The molecule has 0 spiro atoms. The van der Waals surface area contributed by atoms with Gasteiger partial charge in [0.2, 0.25) is 15.9 Å². The van der Waals surface area contributed by atoms with Gasteiger partial charge >= 0.3 is 0 Å². The van der Waals surface area contributed by atoms with Gasteiger partial charge < -0.3 is 4.90 Å². The Kier molecular flexibility index (Phi) is 5.47. The molecule has 0 radical (unpaired) electrons. The maximum Gasteiger partial charge on any atom is 0.250 e. The third-order valence-electron chi connectivity index (χ3n) is 2.98. The Balaban J connectivity index is 1.88. The fourth-order valence-corrected chi connectivity index (χ4v) is 5.42. The van der Waals surface area contributed by atoms with Crippen LogP contribution in [0.1, 0.15) is 19.3 Å². The first-order valence-electron chi connectivity index (χ1n) is 6.12. The standard InChI is InChI=1S/C11H14BrClN2O3S2/c12-11-8(13)7-10(19-11)20(17,18)14-4-3-9(16)15-5-1-2-6-15/h7,14H,1-6H2. The topological polar surface area (TPSA) is 66.5 Å². The predicted molar refractivity (Wildman–Crippen MR) is 82.6 cm³/mol. The zero-order chi connectivity index (χ0) is 14.8. The summed E-state index contributed by atoms with van der Waals surface area (Å²) in [5.41, 5.74) is 0. The molecule has 0 aliphatic carbocycles. The van der Waals surface area contributed by atoms with Crippen molar-refractivity contribution >= 4 is 54.8 Å². The minimum atomic E-state index is -3.60. The summed E-state index contributed by atoms with van der Waals surface area (Å²) in [6.45, 7) is 1.66. The molecular weight excluding hydrogens is 388 g/mol. The molecule has 1 aliphatic rings. The Morgan fingerprint density at radius 3 is 2.65 bits per heavy atom. The van der Waals surface area contributed by atoms with E-state index in [4.69, 9.17) is 11.6 Å². The van der Waals surface area contributed by atoms with Crippen LogP contribution < -0.4 is 4.72 Å². The molecule has 0 atom stereocenters. The molecule has 2 rings (SSSR count). The lowest BCUT2D eigenvalue weighted by Gasteiger charge is -2.14. The van der Waals surface area contributed by atoms with Gasteiger partial charge in [-0.15, -0.1) is 11.3 Å². The highest BCUT2D eigenvalue weighted by molar-refractivity contribution is 9.11. The second-order valence-electron chi connectivity index (χ2n) is 4.42. The summed E-state index contributed by atoms with van der Waals surface area (Å²) in [5, 5.41) is 0.364. The molecule has 9 heteroatoms. The average Bonchev–Trinajstić information content (AvgIpc) is 3.00. The number of sulfonamides is 1. The number of nitrogens with zero attached hydrogens (tertiary/aromatic N) is 1. The molecule has 0 aromatic carbocycles. The summed E-state index contributed by atoms with van der Waals surface area (Å²) in [5.74, 6) is -0.00408. The van der Waals surface area contributed by atoms with E-state index in [1.165, 1.54) is 6.07 Å². The normalized spacial score (nSPS) is 15.8. The van der Waals surface area contributed by atoms with Crippen LogP contribution in [0, 0.1) is 0 Å². The summed E-state index contributed by atoms with van der Waals surface area (Å²) in [4.78, 5) is 13.6. The van der Waals surface area contributed by atoms with E-state index < -0.39 is 10.0 Å². The molecule has 0 bridgehead atoms. The van der Waals surface area contributed by atoms with Crippen LogP contribution >= 0.6 is 38.9 Å². The minimum Gasteiger partial charge on any atom is -0.343 e. The summed E-state index contributed by atoms with van der Waals surface area (Å²) < 4.78 is 27.1. The van der Waals surface area contributed by atoms with Gasteiger partial charge in [0.1, 0.15) is 4.21 Å². The van der Waals surface area contributed by atoms with E-state index in [1.54, 1.807) is 4.90 Å². The molecule has 1 N–H and O–H groups in total. The smallest absolute Gasteiger partial charge is 0.250 e. The largest absolute Gasteiger partial charge is 0.343 e. The van der Waals surface area contributed by atoms with Gasteiger partial charge in [-0.1, -0.05) is 11.6 Å². The first-order chi connectivity index (χ1) is 9.40. The molecule has 2 heterocycles. The van der Waals surface area contributed by atoms with Gasteiger partial charge in [-0.2, -0.15) is 0 Å². The van der Waals surface area contributed by atoms with Crippen molar-refractivity contribution in [2.75, 3.05) is 19.6 Å². The van der Waals surface area contributed by atoms with Crippen molar-refractivity contribution in [3.63, 3.8) is 0 Å². The number of thiophene rings is 1. The van der Waals surface area contributed by atoms with Crippen LogP contribution in [0.25, 0.3) is 0 Å². The Hall–Kier alpha value is -0.150. The average molecular weight is 402 g/mol. The molecule has 1 fully saturated rings. The van der Waals surface area contributed by atoms with Crippen molar-refractivity contribution in [3.8, 4) is 0 Å². The lowest BCUT2D eigenvalue weighted by molar-refractivity contribution is -0.129. The molecule has 112 valence electrons. The molecular formula is C11H14BrClN2O3S2.